The number of anilines is 1. The molecule has 1 atom stereocenters. The normalized spacial score (nSPS) is 12.2. The summed E-state index contributed by atoms with van der Waals surface area (Å²) < 4.78 is 27.3. The fourth-order valence-electron chi connectivity index (χ4n) is 1.51. The molecule has 1 heterocycles. The molecule has 0 aliphatic heterocycles. The number of nitrogens with one attached hydrogen (secondary N) is 1. The molecule has 1 aromatic carbocycles. The quantitative estimate of drug-likeness (QED) is 0.884. The minimum atomic E-state index is -0.860. The molecule has 0 saturated heterocycles. The molecule has 2 rings (SSSR count). The van der Waals surface area contributed by atoms with Gasteiger partial charge in [0.1, 0.15) is 23.9 Å². The Hall–Kier alpha value is -2.35. The fraction of sp³-hybridized carbons (Fsp3) is 0.250. The first-order valence-electron chi connectivity index (χ1n) is 5.78. The molecule has 2 N–H and O–H groups in total. The molecular weight excluding hydrogens is 270 g/mol. The van der Waals surface area contributed by atoms with Gasteiger partial charge in [0.15, 0.2) is 0 Å². The van der Waals surface area contributed by atoms with Gasteiger partial charge in [0.2, 0.25) is 5.91 Å². The highest BCUT2D eigenvalue weighted by molar-refractivity contribution is 5.90. The molecule has 0 radical (unpaired) electrons. The SMILES string of the molecule is CC(O)c1cn(CC(=O)Nc2ccc(F)cc2F)nn1. The molecule has 106 valence electrons. The van der Waals surface area contributed by atoms with Crippen LogP contribution < -0.4 is 5.32 Å². The Morgan fingerprint density at radius 3 is 2.85 bits per heavy atom. The first-order chi connectivity index (χ1) is 9.45. The first-order valence-corrected chi connectivity index (χ1v) is 5.78. The molecule has 0 aliphatic rings. The predicted octanol–water partition coefficient (Wildman–Crippen LogP) is 1.25. The van der Waals surface area contributed by atoms with Crippen molar-refractivity contribution in [1.82, 2.24) is 15.0 Å². The number of aliphatic hydroxyl groups excluding tert-OH is 1. The number of aliphatic hydroxyl groups is 1. The predicted molar refractivity (Wildman–Crippen MR) is 65.6 cm³/mol. The summed E-state index contributed by atoms with van der Waals surface area (Å²) in [6.45, 7) is 1.32. The lowest BCUT2D eigenvalue weighted by Gasteiger charge is -2.06. The summed E-state index contributed by atoms with van der Waals surface area (Å²) in [5.41, 5.74) is 0.207. The number of nitrogens with zero attached hydrogens (tertiary/aromatic N) is 3. The summed E-state index contributed by atoms with van der Waals surface area (Å²) in [6.07, 6.45) is 0.618. The average Bonchev–Trinajstić information content (AvgIpc) is 2.81. The van der Waals surface area contributed by atoms with Crippen LogP contribution in [0.3, 0.4) is 0 Å². The zero-order valence-electron chi connectivity index (χ0n) is 10.5. The summed E-state index contributed by atoms with van der Waals surface area (Å²) in [7, 11) is 0. The largest absolute Gasteiger partial charge is 0.387 e. The van der Waals surface area contributed by atoms with E-state index in [1.165, 1.54) is 17.8 Å². The maximum atomic E-state index is 13.3. The fourth-order valence-corrected chi connectivity index (χ4v) is 1.51. The van der Waals surface area contributed by atoms with Crippen molar-refractivity contribution < 1.29 is 18.7 Å². The van der Waals surface area contributed by atoms with Gasteiger partial charge < -0.3 is 10.4 Å². The Morgan fingerprint density at radius 1 is 1.50 bits per heavy atom. The molecule has 2 aromatic rings. The van der Waals surface area contributed by atoms with E-state index in [9.17, 15) is 18.7 Å². The number of carbonyl (C=O) groups excluding carboxylic acids is 1. The molecule has 1 unspecified atom stereocenters. The third-order valence-corrected chi connectivity index (χ3v) is 2.50. The molecule has 20 heavy (non-hydrogen) atoms. The summed E-state index contributed by atoms with van der Waals surface area (Å²) in [5.74, 6) is -2.13. The second kappa shape index (κ2) is 5.74. The van der Waals surface area contributed by atoms with E-state index in [1.807, 2.05) is 0 Å². The monoisotopic (exact) mass is 282 g/mol. The third kappa shape index (κ3) is 3.35. The van der Waals surface area contributed by atoms with Crippen LogP contribution in [0.4, 0.5) is 14.5 Å². The Balaban J connectivity index is 2.01. The van der Waals surface area contributed by atoms with Crippen LogP contribution in [0.5, 0.6) is 0 Å². The standard InChI is InChI=1S/C12H12F2N4O2/c1-7(19)11-5-18(17-16-11)6-12(20)15-10-3-2-8(13)4-9(10)14/h2-5,7,19H,6H2,1H3,(H,15,20). The molecule has 0 aliphatic carbocycles. The van der Waals surface area contributed by atoms with Crippen molar-refractivity contribution in [2.75, 3.05) is 5.32 Å². The van der Waals surface area contributed by atoms with Gasteiger partial charge in [0.25, 0.3) is 0 Å². The van der Waals surface area contributed by atoms with E-state index in [2.05, 4.69) is 15.6 Å². The van der Waals surface area contributed by atoms with Crippen molar-refractivity contribution in [2.45, 2.75) is 19.6 Å². The minimum Gasteiger partial charge on any atom is -0.387 e. The average molecular weight is 282 g/mol. The molecule has 1 aromatic heterocycles. The summed E-state index contributed by atoms with van der Waals surface area (Å²) in [5, 5.41) is 18.9. The van der Waals surface area contributed by atoms with E-state index < -0.39 is 23.6 Å². The molecule has 0 fully saturated rings. The van der Waals surface area contributed by atoms with Crippen LogP contribution in [0.2, 0.25) is 0 Å². The van der Waals surface area contributed by atoms with E-state index >= 15 is 0 Å². The highest BCUT2D eigenvalue weighted by Gasteiger charge is 2.11. The van der Waals surface area contributed by atoms with Crippen molar-refractivity contribution in [3.63, 3.8) is 0 Å². The maximum Gasteiger partial charge on any atom is 0.246 e. The van der Waals surface area contributed by atoms with Gasteiger partial charge in [-0.1, -0.05) is 5.21 Å². The van der Waals surface area contributed by atoms with Crippen LogP contribution >= 0.6 is 0 Å². The Labute approximate surface area is 113 Å². The lowest BCUT2D eigenvalue weighted by molar-refractivity contribution is -0.117. The molecule has 0 spiro atoms. The summed E-state index contributed by atoms with van der Waals surface area (Å²) in [4.78, 5) is 11.7. The van der Waals surface area contributed by atoms with Crippen molar-refractivity contribution >= 4 is 11.6 Å². The number of halogens is 2. The lowest BCUT2D eigenvalue weighted by Crippen LogP contribution is -2.19. The second-order valence-corrected chi connectivity index (χ2v) is 4.19. The van der Waals surface area contributed by atoms with Gasteiger partial charge in [-0.2, -0.15) is 0 Å². The Morgan fingerprint density at radius 2 is 2.25 bits per heavy atom. The first kappa shape index (κ1) is 14.1. The molecule has 0 saturated carbocycles. The van der Waals surface area contributed by atoms with Gasteiger partial charge in [0, 0.05) is 6.07 Å². The van der Waals surface area contributed by atoms with Crippen LogP contribution in [-0.2, 0) is 11.3 Å². The van der Waals surface area contributed by atoms with Gasteiger partial charge in [-0.05, 0) is 19.1 Å². The summed E-state index contributed by atoms with van der Waals surface area (Å²) in [6, 6.07) is 2.85. The number of hydrogen-bond acceptors (Lipinski definition) is 4. The molecular formula is C12H12F2N4O2. The topological polar surface area (TPSA) is 80.0 Å². The highest BCUT2D eigenvalue weighted by Crippen LogP contribution is 2.15. The lowest BCUT2D eigenvalue weighted by atomic mass is 10.3. The number of aromatic nitrogens is 3. The van der Waals surface area contributed by atoms with Crippen LogP contribution in [0.15, 0.2) is 24.4 Å². The van der Waals surface area contributed by atoms with Crippen LogP contribution in [-0.4, -0.2) is 26.0 Å². The third-order valence-electron chi connectivity index (χ3n) is 2.50. The van der Waals surface area contributed by atoms with Crippen LogP contribution in [0.25, 0.3) is 0 Å². The molecule has 0 bridgehead atoms. The van der Waals surface area contributed by atoms with E-state index in [4.69, 9.17) is 0 Å². The van der Waals surface area contributed by atoms with Gasteiger partial charge in [-0.25, -0.2) is 13.5 Å². The minimum absolute atomic E-state index is 0.118. The van der Waals surface area contributed by atoms with Crippen LogP contribution in [0, 0.1) is 11.6 Å². The number of rotatable bonds is 4. The maximum absolute atomic E-state index is 13.3. The van der Waals surface area contributed by atoms with Crippen molar-refractivity contribution in [1.29, 1.82) is 0 Å². The van der Waals surface area contributed by atoms with Gasteiger partial charge in [-0.15, -0.1) is 5.10 Å². The van der Waals surface area contributed by atoms with E-state index in [0.717, 1.165) is 12.1 Å². The number of benzene rings is 1. The van der Waals surface area contributed by atoms with Crippen molar-refractivity contribution in [3.05, 3.63) is 41.7 Å². The second-order valence-electron chi connectivity index (χ2n) is 4.19. The van der Waals surface area contributed by atoms with Crippen molar-refractivity contribution in [2.24, 2.45) is 0 Å². The number of carbonyl (C=O) groups is 1. The molecule has 8 heteroatoms. The molecule has 6 nitrogen and oxygen atoms in total. The van der Waals surface area contributed by atoms with E-state index in [1.54, 1.807) is 0 Å². The van der Waals surface area contributed by atoms with Gasteiger partial charge in [-0.3, -0.25) is 4.79 Å². The van der Waals surface area contributed by atoms with Gasteiger partial charge >= 0.3 is 0 Å². The van der Waals surface area contributed by atoms with E-state index in [-0.39, 0.29) is 12.2 Å². The van der Waals surface area contributed by atoms with Crippen LogP contribution in [0.1, 0.15) is 18.7 Å². The number of hydrogen-bond donors (Lipinski definition) is 2. The highest BCUT2D eigenvalue weighted by atomic mass is 19.1. The Bertz CT molecular complexity index is 628. The van der Waals surface area contributed by atoms with E-state index in [0.29, 0.717) is 11.8 Å². The zero-order valence-corrected chi connectivity index (χ0v) is 10.5. The molecule has 1 amide bonds. The Kier molecular flexibility index (Phi) is 4.04. The summed E-state index contributed by atoms with van der Waals surface area (Å²) >= 11 is 0. The smallest absolute Gasteiger partial charge is 0.246 e. The zero-order chi connectivity index (χ0) is 14.7. The number of amides is 1. The van der Waals surface area contributed by atoms with Gasteiger partial charge in [0.05, 0.1) is 18.0 Å². The van der Waals surface area contributed by atoms with Crippen molar-refractivity contribution in [3.8, 4) is 0 Å².